The van der Waals surface area contributed by atoms with Gasteiger partial charge in [0, 0.05) is 5.92 Å². The van der Waals surface area contributed by atoms with Crippen LogP contribution in [0.15, 0.2) is 54.6 Å². The summed E-state index contributed by atoms with van der Waals surface area (Å²) >= 11 is 0. The molecule has 0 aromatic heterocycles. The number of piperidine rings is 1. The standard InChI is InChI=1S/C18H20N2O2/c21-18(14-10-12-19-13-11-14)20-16-8-4-5-9-17(16)22-15-6-2-1-3-7-15/h1-9,14,19H,10-13H2,(H,20,21). The molecule has 0 saturated carbocycles. The SMILES string of the molecule is O=C(Nc1ccccc1Oc1ccccc1)C1CCNCC1. The van der Waals surface area contributed by atoms with Crippen LogP contribution in [0.1, 0.15) is 12.8 Å². The van der Waals surface area contributed by atoms with Crippen molar-refractivity contribution in [2.24, 2.45) is 5.92 Å². The molecule has 1 aliphatic rings. The Balaban J connectivity index is 1.72. The fourth-order valence-corrected chi connectivity index (χ4v) is 2.59. The van der Waals surface area contributed by atoms with Crippen molar-refractivity contribution in [2.75, 3.05) is 18.4 Å². The quantitative estimate of drug-likeness (QED) is 0.909. The first-order valence-corrected chi connectivity index (χ1v) is 7.66. The Bertz CT molecular complexity index is 622. The molecule has 0 bridgehead atoms. The van der Waals surface area contributed by atoms with Gasteiger partial charge >= 0.3 is 0 Å². The van der Waals surface area contributed by atoms with Crippen LogP contribution in [0.4, 0.5) is 5.69 Å². The Morgan fingerprint density at radius 3 is 2.45 bits per heavy atom. The molecule has 1 saturated heterocycles. The molecule has 22 heavy (non-hydrogen) atoms. The highest BCUT2D eigenvalue weighted by Gasteiger charge is 2.21. The van der Waals surface area contributed by atoms with E-state index in [-0.39, 0.29) is 11.8 Å². The van der Waals surface area contributed by atoms with Crippen LogP contribution in [-0.2, 0) is 4.79 Å². The fraction of sp³-hybridized carbons (Fsp3) is 0.278. The summed E-state index contributed by atoms with van der Waals surface area (Å²) in [7, 11) is 0. The van der Waals surface area contributed by atoms with Gasteiger partial charge in [-0.25, -0.2) is 0 Å². The third kappa shape index (κ3) is 3.65. The van der Waals surface area contributed by atoms with Gasteiger partial charge in [0.1, 0.15) is 5.75 Å². The number of rotatable bonds is 4. The van der Waals surface area contributed by atoms with Crippen molar-refractivity contribution < 1.29 is 9.53 Å². The summed E-state index contributed by atoms with van der Waals surface area (Å²) in [6.07, 6.45) is 1.76. The van der Waals surface area contributed by atoms with E-state index < -0.39 is 0 Å². The highest BCUT2D eigenvalue weighted by atomic mass is 16.5. The third-order valence-corrected chi connectivity index (χ3v) is 3.83. The fourth-order valence-electron chi connectivity index (χ4n) is 2.59. The van der Waals surface area contributed by atoms with Crippen molar-refractivity contribution in [1.29, 1.82) is 0 Å². The molecule has 2 aromatic carbocycles. The van der Waals surface area contributed by atoms with Crippen LogP contribution in [0.25, 0.3) is 0 Å². The van der Waals surface area contributed by atoms with Gasteiger partial charge in [-0.15, -0.1) is 0 Å². The molecular weight excluding hydrogens is 276 g/mol. The van der Waals surface area contributed by atoms with E-state index in [1.807, 2.05) is 54.6 Å². The Hall–Kier alpha value is -2.33. The Kier molecular flexibility index (Phi) is 4.71. The van der Waals surface area contributed by atoms with Crippen LogP contribution in [0.3, 0.4) is 0 Å². The number of para-hydroxylation sites is 3. The average Bonchev–Trinajstić information content (AvgIpc) is 2.58. The molecule has 4 nitrogen and oxygen atoms in total. The minimum Gasteiger partial charge on any atom is -0.455 e. The van der Waals surface area contributed by atoms with Crippen molar-refractivity contribution in [3.05, 3.63) is 54.6 Å². The van der Waals surface area contributed by atoms with Gasteiger partial charge in [-0.05, 0) is 50.2 Å². The monoisotopic (exact) mass is 296 g/mol. The second-order valence-electron chi connectivity index (χ2n) is 5.42. The van der Waals surface area contributed by atoms with Crippen molar-refractivity contribution in [1.82, 2.24) is 5.32 Å². The first-order chi connectivity index (χ1) is 10.8. The lowest BCUT2D eigenvalue weighted by atomic mass is 9.97. The number of benzene rings is 2. The Labute approximate surface area is 130 Å². The maximum absolute atomic E-state index is 12.4. The second-order valence-corrected chi connectivity index (χ2v) is 5.42. The lowest BCUT2D eigenvalue weighted by Gasteiger charge is -2.22. The number of hydrogen-bond acceptors (Lipinski definition) is 3. The maximum atomic E-state index is 12.4. The third-order valence-electron chi connectivity index (χ3n) is 3.83. The molecule has 1 aliphatic heterocycles. The summed E-state index contributed by atoms with van der Waals surface area (Å²) in [5.41, 5.74) is 0.717. The molecular formula is C18H20N2O2. The highest BCUT2D eigenvalue weighted by Crippen LogP contribution is 2.29. The van der Waals surface area contributed by atoms with Gasteiger partial charge in [0.25, 0.3) is 0 Å². The second kappa shape index (κ2) is 7.09. The van der Waals surface area contributed by atoms with Crippen molar-refractivity contribution in [3.63, 3.8) is 0 Å². The number of nitrogens with one attached hydrogen (secondary N) is 2. The predicted molar refractivity (Wildman–Crippen MR) is 87.2 cm³/mol. The Morgan fingerprint density at radius 2 is 1.68 bits per heavy atom. The van der Waals surface area contributed by atoms with Gasteiger partial charge in [0.15, 0.2) is 5.75 Å². The number of hydrogen-bond donors (Lipinski definition) is 2. The molecule has 0 radical (unpaired) electrons. The maximum Gasteiger partial charge on any atom is 0.227 e. The van der Waals surface area contributed by atoms with Crippen LogP contribution >= 0.6 is 0 Å². The van der Waals surface area contributed by atoms with Gasteiger partial charge in [0.2, 0.25) is 5.91 Å². The van der Waals surface area contributed by atoms with E-state index in [1.54, 1.807) is 0 Å². The van der Waals surface area contributed by atoms with Crippen LogP contribution in [0, 0.1) is 5.92 Å². The minimum atomic E-state index is 0.0746. The lowest BCUT2D eigenvalue weighted by molar-refractivity contribution is -0.120. The molecule has 0 atom stereocenters. The molecule has 0 spiro atoms. The van der Waals surface area contributed by atoms with Gasteiger partial charge in [0.05, 0.1) is 5.69 Å². The first kappa shape index (κ1) is 14.6. The summed E-state index contributed by atoms with van der Waals surface area (Å²) in [6.45, 7) is 1.81. The van der Waals surface area contributed by atoms with E-state index in [4.69, 9.17) is 4.74 Å². The van der Waals surface area contributed by atoms with E-state index in [9.17, 15) is 4.79 Å². The van der Waals surface area contributed by atoms with Gasteiger partial charge in [-0.1, -0.05) is 30.3 Å². The van der Waals surface area contributed by atoms with Crippen LogP contribution < -0.4 is 15.4 Å². The first-order valence-electron chi connectivity index (χ1n) is 7.66. The molecule has 0 unspecified atom stereocenters. The summed E-state index contributed by atoms with van der Waals surface area (Å²) < 4.78 is 5.87. The zero-order valence-corrected chi connectivity index (χ0v) is 12.4. The van der Waals surface area contributed by atoms with E-state index in [1.165, 1.54) is 0 Å². The van der Waals surface area contributed by atoms with Crippen LogP contribution in [0.5, 0.6) is 11.5 Å². The molecule has 114 valence electrons. The molecule has 1 amide bonds. The van der Waals surface area contributed by atoms with Crippen molar-refractivity contribution in [3.8, 4) is 11.5 Å². The van der Waals surface area contributed by atoms with E-state index in [2.05, 4.69) is 10.6 Å². The largest absolute Gasteiger partial charge is 0.455 e. The van der Waals surface area contributed by atoms with E-state index in [0.717, 1.165) is 37.4 Å². The molecule has 2 aromatic rings. The highest BCUT2D eigenvalue weighted by molar-refractivity contribution is 5.94. The number of anilines is 1. The van der Waals surface area contributed by atoms with Crippen LogP contribution in [-0.4, -0.2) is 19.0 Å². The van der Waals surface area contributed by atoms with E-state index >= 15 is 0 Å². The summed E-state index contributed by atoms with van der Waals surface area (Å²) in [4.78, 5) is 12.4. The lowest BCUT2D eigenvalue weighted by Crippen LogP contribution is -2.34. The van der Waals surface area contributed by atoms with Crippen molar-refractivity contribution in [2.45, 2.75) is 12.8 Å². The minimum absolute atomic E-state index is 0.0746. The van der Waals surface area contributed by atoms with Crippen molar-refractivity contribution >= 4 is 11.6 Å². The summed E-state index contributed by atoms with van der Waals surface area (Å²) in [5.74, 6) is 1.57. The molecule has 2 N–H and O–H groups in total. The molecule has 4 heteroatoms. The Morgan fingerprint density at radius 1 is 1.00 bits per heavy atom. The topological polar surface area (TPSA) is 50.4 Å². The molecule has 0 aliphatic carbocycles. The van der Waals surface area contributed by atoms with Gasteiger partial charge < -0.3 is 15.4 Å². The number of amides is 1. The molecule has 1 heterocycles. The summed E-state index contributed by atoms with van der Waals surface area (Å²) in [5, 5.41) is 6.28. The predicted octanol–water partition coefficient (Wildman–Crippen LogP) is 3.42. The zero-order valence-electron chi connectivity index (χ0n) is 12.4. The average molecular weight is 296 g/mol. The number of ether oxygens (including phenoxy) is 1. The zero-order chi connectivity index (χ0) is 15.2. The molecule has 3 rings (SSSR count). The summed E-state index contributed by atoms with van der Waals surface area (Å²) in [6, 6.07) is 17.1. The smallest absolute Gasteiger partial charge is 0.227 e. The number of carbonyl (C=O) groups excluding carboxylic acids is 1. The van der Waals surface area contributed by atoms with Gasteiger partial charge in [-0.3, -0.25) is 4.79 Å². The number of carbonyl (C=O) groups is 1. The van der Waals surface area contributed by atoms with E-state index in [0.29, 0.717) is 5.75 Å². The molecule has 1 fully saturated rings. The van der Waals surface area contributed by atoms with Gasteiger partial charge in [-0.2, -0.15) is 0 Å². The normalized spacial score (nSPS) is 15.3. The van der Waals surface area contributed by atoms with Crippen LogP contribution in [0.2, 0.25) is 0 Å².